The molecule has 21 heavy (non-hydrogen) atoms. The molecule has 0 N–H and O–H groups in total. The molecule has 3 aromatic rings. The van der Waals surface area contributed by atoms with Crippen molar-refractivity contribution < 1.29 is 13.9 Å². The first-order valence-electron chi connectivity index (χ1n) is 6.62. The van der Waals surface area contributed by atoms with Crippen molar-refractivity contribution in [2.24, 2.45) is 7.05 Å². The molecule has 0 aliphatic carbocycles. The van der Waals surface area contributed by atoms with Gasteiger partial charge in [0.15, 0.2) is 18.0 Å². The largest absolute Gasteiger partial charge is 0.436 e. The number of benzene rings is 1. The number of aryl methyl sites for hydroxylation is 2. The second kappa shape index (κ2) is 4.97. The molecular weight excluding hydrogens is 270 g/mol. The fraction of sp³-hybridized carbons (Fsp3) is 0.200. The lowest BCUT2D eigenvalue weighted by molar-refractivity contribution is -0.671. The third-order valence-corrected chi connectivity index (χ3v) is 3.37. The first kappa shape index (κ1) is 13.2. The lowest BCUT2D eigenvalue weighted by Gasteiger charge is -1.97. The predicted octanol–water partition coefficient (Wildman–Crippen LogP) is 2.79. The monoisotopic (exact) mass is 284 g/mol. The van der Waals surface area contributed by atoms with Gasteiger partial charge in [-0.2, -0.15) is 0 Å². The zero-order valence-corrected chi connectivity index (χ0v) is 11.7. The maximum absolute atomic E-state index is 11.0. The van der Waals surface area contributed by atoms with E-state index in [-0.39, 0.29) is 5.69 Å². The maximum Gasteiger partial charge on any atom is 0.272 e. The van der Waals surface area contributed by atoms with E-state index in [0.717, 1.165) is 11.1 Å². The van der Waals surface area contributed by atoms with Crippen molar-refractivity contribution in [2.45, 2.75) is 13.3 Å². The number of fused-ring (bicyclic) bond motifs is 1. The minimum Gasteiger partial charge on any atom is -0.436 e. The summed E-state index contributed by atoms with van der Waals surface area (Å²) in [4.78, 5) is 14.9. The number of oxazole rings is 1. The third-order valence-electron chi connectivity index (χ3n) is 3.37. The van der Waals surface area contributed by atoms with Crippen LogP contribution in [0.25, 0.3) is 22.6 Å². The fourth-order valence-corrected chi connectivity index (χ4v) is 2.22. The van der Waals surface area contributed by atoms with Crippen LogP contribution in [0.4, 0.5) is 5.69 Å². The van der Waals surface area contributed by atoms with E-state index >= 15 is 0 Å². The molecule has 0 saturated heterocycles. The normalized spacial score (nSPS) is 11.0. The number of nitro benzene ring substituents is 1. The number of nitro groups is 1. The SMILES string of the molecule is CCc1cc([N+](=O)[O-])cc2nc(-c3cc[n+](C)cc3)oc12. The number of pyridine rings is 1. The van der Waals surface area contributed by atoms with Gasteiger partial charge in [-0.15, -0.1) is 0 Å². The quantitative estimate of drug-likeness (QED) is 0.421. The fourth-order valence-electron chi connectivity index (χ4n) is 2.22. The number of nitrogens with zero attached hydrogens (tertiary/aromatic N) is 3. The molecule has 0 saturated carbocycles. The number of aromatic nitrogens is 2. The molecule has 2 aromatic heterocycles. The van der Waals surface area contributed by atoms with Crippen molar-refractivity contribution in [1.82, 2.24) is 4.98 Å². The summed E-state index contributed by atoms with van der Waals surface area (Å²) in [6, 6.07) is 6.78. The van der Waals surface area contributed by atoms with Crippen LogP contribution in [0.15, 0.2) is 41.1 Å². The summed E-state index contributed by atoms with van der Waals surface area (Å²) in [7, 11) is 1.92. The molecule has 0 radical (unpaired) electrons. The van der Waals surface area contributed by atoms with Gasteiger partial charge in [-0.05, 0) is 6.42 Å². The highest BCUT2D eigenvalue weighted by Crippen LogP contribution is 2.30. The number of rotatable bonds is 3. The van der Waals surface area contributed by atoms with E-state index < -0.39 is 4.92 Å². The Bertz CT molecular complexity index is 822. The third kappa shape index (κ3) is 2.35. The van der Waals surface area contributed by atoms with Crippen LogP contribution in [-0.4, -0.2) is 9.91 Å². The molecule has 0 atom stereocenters. The minimum atomic E-state index is -0.407. The zero-order valence-electron chi connectivity index (χ0n) is 11.7. The summed E-state index contributed by atoms with van der Waals surface area (Å²) in [5.41, 5.74) is 2.81. The maximum atomic E-state index is 11.0. The van der Waals surface area contributed by atoms with E-state index in [0.29, 0.717) is 23.4 Å². The lowest BCUT2D eigenvalue weighted by atomic mass is 10.1. The molecule has 3 rings (SSSR count). The highest BCUT2D eigenvalue weighted by atomic mass is 16.6. The Kier molecular flexibility index (Phi) is 3.13. The van der Waals surface area contributed by atoms with E-state index in [1.807, 2.05) is 43.1 Å². The van der Waals surface area contributed by atoms with Crippen LogP contribution in [0.5, 0.6) is 0 Å². The van der Waals surface area contributed by atoms with Gasteiger partial charge in [0.05, 0.1) is 4.92 Å². The summed E-state index contributed by atoms with van der Waals surface area (Å²) >= 11 is 0. The Morgan fingerprint density at radius 1 is 1.33 bits per heavy atom. The van der Waals surface area contributed by atoms with E-state index in [2.05, 4.69) is 4.98 Å². The smallest absolute Gasteiger partial charge is 0.272 e. The highest BCUT2D eigenvalue weighted by Gasteiger charge is 2.17. The van der Waals surface area contributed by atoms with Crippen molar-refractivity contribution in [3.8, 4) is 11.5 Å². The molecule has 6 nitrogen and oxygen atoms in total. The van der Waals surface area contributed by atoms with Crippen molar-refractivity contribution in [3.63, 3.8) is 0 Å². The Morgan fingerprint density at radius 3 is 2.67 bits per heavy atom. The molecule has 106 valence electrons. The highest BCUT2D eigenvalue weighted by molar-refractivity contribution is 5.82. The Labute approximate surface area is 120 Å². The molecule has 0 fully saturated rings. The molecule has 0 aliphatic heterocycles. The molecule has 0 spiro atoms. The first-order chi connectivity index (χ1) is 10.1. The zero-order chi connectivity index (χ0) is 15.0. The van der Waals surface area contributed by atoms with Crippen LogP contribution in [-0.2, 0) is 13.5 Å². The minimum absolute atomic E-state index is 0.0404. The van der Waals surface area contributed by atoms with Gasteiger partial charge in [0, 0.05) is 35.4 Å². The van der Waals surface area contributed by atoms with Gasteiger partial charge in [-0.3, -0.25) is 10.1 Å². The van der Waals surface area contributed by atoms with Crippen molar-refractivity contribution >= 4 is 16.8 Å². The van der Waals surface area contributed by atoms with Gasteiger partial charge in [-0.1, -0.05) is 6.92 Å². The predicted molar refractivity (Wildman–Crippen MR) is 76.7 cm³/mol. The summed E-state index contributed by atoms with van der Waals surface area (Å²) in [5.74, 6) is 0.473. The average Bonchev–Trinajstić information content (AvgIpc) is 2.90. The number of hydrogen-bond donors (Lipinski definition) is 0. The van der Waals surface area contributed by atoms with Crippen LogP contribution < -0.4 is 4.57 Å². The van der Waals surface area contributed by atoms with Crippen molar-refractivity contribution in [1.29, 1.82) is 0 Å². The summed E-state index contributed by atoms with van der Waals surface area (Å²) in [5, 5.41) is 11.0. The summed E-state index contributed by atoms with van der Waals surface area (Å²) < 4.78 is 7.72. The molecular formula is C15H14N3O3+. The van der Waals surface area contributed by atoms with Crippen LogP contribution >= 0.6 is 0 Å². The van der Waals surface area contributed by atoms with Gasteiger partial charge in [-0.25, -0.2) is 9.55 Å². The van der Waals surface area contributed by atoms with Gasteiger partial charge < -0.3 is 4.42 Å². The summed E-state index contributed by atoms with van der Waals surface area (Å²) in [6.07, 6.45) is 4.44. The Hall–Kier alpha value is -2.76. The molecule has 1 aromatic carbocycles. The van der Waals surface area contributed by atoms with Gasteiger partial charge in [0.25, 0.3) is 5.69 Å². The lowest BCUT2D eigenvalue weighted by Crippen LogP contribution is -2.25. The van der Waals surface area contributed by atoms with Crippen molar-refractivity contribution in [2.75, 3.05) is 0 Å². The molecule has 0 unspecified atom stereocenters. The van der Waals surface area contributed by atoms with Gasteiger partial charge in [0.2, 0.25) is 5.89 Å². The van der Waals surface area contributed by atoms with Crippen molar-refractivity contribution in [3.05, 3.63) is 52.3 Å². The standard InChI is InChI=1S/C15H14N3O3/c1-3-10-8-12(18(19)20)9-13-14(10)21-15(16-13)11-4-6-17(2)7-5-11/h4-9H,3H2,1-2H3/q+1. The van der Waals surface area contributed by atoms with Crippen LogP contribution in [0.3, 0.4) is 0 Å². The van der Waals surface area contributed by atoms with Gasteiger partial charge in [0.1, 0.15) is 12.6 Å². The number of non-ortho nitro benzene ring substituents is 1. The summed E-state index contributed by atoms with van der Waals surface area (Å²) in [6.45, 7) is 1.93. The van der Waals surface area contributed by atoms with Crippen LogP contribution in [0.2, 0.25) is 0 Å². The van der Waals surface area contributed by atoms with E-state index in [1.54, 1.807) is 6.07 Å². The second-order valence-electron chi connectivity index (χ2n) is 4.84. The molecule has 0 bridgehead atoms. The first-order valence-corrected chi connectivity index (χ1v) is 6.62. The van der Waals surface area contributed by atoms with E-state index in [4.69, 9.17) is 4.42 Å². The van der Waals surface area contributed by atoms with E-state index in [9.17, 15) is 10.1 Å². The second-order valence-corrected chi connectivity index (χ2v) is 4.84. The average molecular weight is 284 g/mol. The van der Waals surface area contributed by atoms with Gasteiger partial charge >= 0.3 is 0 Å². The molecule has 6 heteroatoms. The van der Waals surface area contributed by atoms with Crippen LogP contribution in [0, 0.1) is 10.1 Å². The molecule has 2 heterocycles. The topological polar surface area (TPSA) is 73.1 Å². The Morgan fingerprint density at radius 2 is 2.05 bits per heavy atom. The number of hydrogen-bond acceptors (Lipinski definition) is 4. The Balaban J connectivity index is 2.19. The molecule has 0 aliphatic rings. The van der Waals surface area contributed by atoms with E-state index in [1.165, 1.54) is 6.07 Å². The van der Waals surface area contributed by atoms with Crippen LogP contribution in [0.1, 0.15) is 12.5 Å². The molecule has 0 amide bonds.